The fraction of sp³-hybridized carbons (Fsp3) is 0.391. The van der Waals surface area contributed by atoms with Crippen LogP contribution in [-0.4, -0.2) is 74.7 Å². The maximum Gasteiger partial charge on any atom is 0.320 e. The predicted molar refractivity (Wildman–Crippen MR) is 120 cm³/mol. The zero-order valence-corrected chi connectivity index (χ0v) is 18.6. The predicted octanol–water partition coefficient (Wildman–Crippen LogP) is 2.64. The maximum atomic E-state index is 13.1. The minimum Gasteiger partial charge on any atom is -0.497 e. The Kier molecular flexibility index (Phi) is 6.80. The van der Waals surface area contributed by atoms with Crippen LogP contribution in [0.25, 0.3) is 0 Å². The third-order valence-electron chi connectivity index (χ3n) is 5.58. The summed E-state index contributed by atoms with van der Waals surface area (Å²) in [4.78, 5) is 31.1. The Bertz CT molecular complexity index is 929. The van der Waals surface area contributed by atoms with Gasteiger partial charge in [-0.15, -0.1) is 11.8 Å². The Balaban J connectivity index is 1.56. The minimum absolute atomic E-state index is 0.185. The van der Waals surface area contributed by atoms with Crippen LogP contribution < -0.4 is 10.1 Å². The van der Waals surface area contributed by atoms with Crippen molar-refractivity contribution in [2.24, 2.45) is 0 Å². The molecule has 0 radical (unpaired) electrons. The summed E-state index contributed by atoms with van der Waals surface area (Å²) in [5.41, 5.74) is 1.63. The molecule has 8 heteroatoms. The van der Waals surface area contributed by atoms with Crippen molar-refractivity contribution in [1.29, 1.82) is 0 Å². The van der Waals surface area contributed by atoms with Crippen LogP contribution in [-0.2, 0) is 14.3 Å². The number of carbonyl (C=O) groups is 2. The lowest BCUT2D eigenvalue weighted by Gasteiger charge is -2.32. The number of benzene rings is 2. The third kappa shape index (κ3) is 5.20. The topological polar surface area (TPSA) is 71.1 Å². The molecule has 31 heavy (non-hydrogen) atoms. The molecule has 0 saturated carbocycles. The molecule has 0 aromatic heterocycles. The van der Waals surface area contributed by atoms with Gasteiger partial charge in [0.25, 0.3) is 5.91 Å². The van der Waals surface area contributed by atoms with Crippen LogP contribution in [0.4, 0.5) is 5.69 Å². The van der Waals surface area contributed by atoms with Crippen molar-refractivity contribution < 1.29 is 19.1 Å². The van der Waals surface area contributed by atoms with Gasteiger partial charge in [-0.3, -0.25) is 14.5 Å². The van der Waals surface area contributed by atoms with Gasteiger partial charge in [-0.05, 0) is 36.9 Å². The first-order valence-electron chi connectivity index (χ1n) is 10.3. The van der Waals surface area contributed by atoms with E-state index >= 15 is 0 Å². The number of amides is 1. The van der Waals surface area contributed by atoms with Gasteiger partial charge in [-0.2, -0.15) is 0 Å². The van der Waals surface area contributed by atoms with Crippen molar-refractivity contribution in [3.8, 4) is 5.75 Å². The molecule has 4 rings (SSSR count). The van der Waals surface area contributed by atoms with E-state index in [9.17, 15) is 9.59 Å². The number of nitrogens with one attached hydrogen (secondary N) is 1. The van der Waals surface area contributed by atoms with Crippen LogP contribution in [0.5, 0.6) is 5.75 Å². The molecule has 2 heterocycles. The highest BCUT2D eigenvalue weighted by atomic mass is 32.2. The Hall–Kier alpha value is -2.55. The lowest BCUT2D eigenvalue weighted by atomic mass is 10.1. The van der Waals surface area contributed by atoms with Crippen LogP contribution in [0.3, 0.4) is 0 Å². The average molecular weight is 442 g/mol. The molecule has 1 amide bonds. The smallest absolute Gasteiger partial charge is 0.320 e. The van der Waals surface area contributed by atoms with Gasteiger partial charge in [0, 0.05) is 31.1 Å². The molecular weight excluding hydrogens is 414 g/mol. The van der Waals surface area contributed by atoms with Gasteiger partial charge >= 0.3 is 5.97 Å². The summed E-state index contributed by atoms with van der Waals surface area (Å²) in [6, 6.07) is 15.2. The first-order valence-corrected chi connectivity index (χ1v) is 11.2. The first kappa shape index (κ1) is 21.7. The molecular formula is C23H27N3O4S. The van der Waals surface area contributed by atoms with Gasteiger partial charge in [0.1, 0.15) is 5.75 Å². The van der Waals surface area contributed by atoms with Crippen LogP contribution in [0.15, 0.2) is 53.4 Å². The van der Waals surface area contributed by atoms with E-state index in [1.54, 1.807) is 7.11 Å². The highest BCUT2D eigenvalue weighted by molar-refractivity contribution is 7.99. The Morgan fingerprint density at radius 2 is 1.81 bits per heavy atom. The molecule has 164 valence electrons. The number of rotatable bonds is 5. The molecule has 1 N–H and O–H groups in total. The van der Waals surface area contributed by atoms with E-state index in [4.69, 9.17) is 9.47 Å². The molecule has 7 nitrogen and oxygen atoms in total. The summed E-state index contributed by atoms with van der Waals surface area (Å²) in [6.07, 6.45) is -0.939. The minimum atomic E-state index is -0.939. The summed E-state index contributed by atoms with van der Waals surface area (Å²) in [7, 11) is 3.68. The van der Waals surface area contributed by atoms with E-state index in [1.165, 1.54) is 11.8 Å². The lowest BCUT2D eigenvalue weighted by Crippen LogP contribution is -2.47. The quantitative estimate of drug-likeness (QED) is 0.716. The van der Waals surface area contributed by atoms with Gasteiger partial charge in [-0.1, -0.05) is 24.3 Å². The first-order chi connectivity index (χ1) is 15.0. The zero-order valence-electron chi connectivity index (χ0n) is 17.7. The normalized spacial score (nSPS) is 22.2. The van der Waals surface area contributed by atoms with Crippen LogP contribution in [0.2, 0.25) is 0 Å². The summed E-state index contributed by atoms with van der Waals surface area (Å²) in [5.74, 6) is 0.0376. The number of thioether (sulfide) groups is 1. The van der Waals surface area contributed by atoms with Crippen LogP contribution in [0, 0.1) is 0 Å². The second-order valence-electron chi connectivity index (χ2n) is 7.79. The summed E-state index contributed by atoms with van der Waals surface area (Å²) < 4.78 is 11.1. The van der Waals surface area contributed by atoms with E-state index < -0.39 is 6.10 Å². The molecule has 2 aliphatic heterocycles. The fourth-order valence-corrected chi connectivity index (χ4v) is 5.00. The number of esters is 1. The third-order valence-corrected chi connectivity index (χ3v) is 6.97. The average Bonchev–Trinajstić information content (AvgIpc) is 2.92. The lowest BCUT2D eigenvalue weighted by molar-refractivity contribution is -0.155. The van der Waals surface area contributed by atoms with Gasteiger partial charge < -0.3 is 19.7 Å². The number of carbonyl (C=O) groups excluding carboxylic acids is 2. The van der Waals surface area contributed by atoms with Crippen LogP contribution >= 0.6 is 11.8 Å². The molecule has 2 aromatic rings. The molecule has 0 bridgehead atoms. The molecule has 1 saturated heterocycles. The molecule has 1 fully saturated rings. The number of nitrogens with zero attached hydrogens (tertiary/aromatic N) is 2. The molecule has 0 spiro atoms. The number of piperazine rings is 1. The monoisotopic (exact) mass is 441 g/mol. The largest absolute Gasteiger partial charge is 0.497 e. The van der Waals surface area contributed by atoms with E-state index in [-0.39, 0.29) is 23.7 Å². The Morgan fingerprint density at radius 3 is 2.52 bits per heavy atom. The van der Waals surface area contributed by atoms with Gasteiger partial charge in [0.2, 0.25) is 0 Å². The standard InChI is InChI=1S/C23H27N3O4S/c1-25-11-13-26(14-12-25)15-20(27)30-21-22(16-7-9-17(29-2)10-8-16)31-19-6-4-3-5-18(19)24-23(21)28/h3-10,21-22H,11-15H2,1-2H3,(H,24,28)/t21-,22-/m0/s1. The number of hydrogen-bond donors (Lipinski definition) is 1. The second kappa shape index (κ2) is 9.72. The van der Waals surface area contributed by atoms with Crippen molar-refractivity contribution in [3.63, 3.8) is 0 Å². The van der Waals surface area contributed by atoms with Gasteiger partial charge in [0.05, 0.1) is 24.6 Å². The number of hydrogen-bond acceptors (Lipinski definition) is 7. The van der Waals surface area contributed by atoms with E-state index in [2.05, 4.69) is 22.2 Å². The van der Waals surface area contributed by atoms with Crippen molar-refractivity contribution in [2.45, 2.75) is 16.2 Å². The van der Waals surface area contributed by atoms with E-state index in [1.807, 2.05) is 48.5 Å². The summed E-state index contributed by atoms with van der Waals surface area (Å²) >= 11 is 1.52. The molecule has 0 aliphatic carbocycles. The van der Waals surface area contributed by atoms with Crippen molar-refractivity contribution in [2.75, 3.05) is 52.2 Å². The number of fused-ring (bicyclic) bond motifs is 1. The fourth-order valence-electron chi connectivity index (χ4n) is 3.73. The number of likely N-dealkylation sites (N-methyl/N-ethyl adjacent to an activating group) is 1. The highest BCUT2D eigenvalue weighted by Gasteiger charge is 2.37. The zero-order chi connectivity index (χ0) is 21.8. The highest BCUT2D eigenvalue weighted by Crippen LogP contribution is 2.45. The Morgan fingerprint density at radius 1 is 1.10 bits per heavy atom. The van der Waals surface area contributed by atoms with Crippen molar-refractivity contribution >= 4 is 29.3 Å². The number of methoxy groups -OCH3 is 1. The van der Waals surface area contributed by atoms with E-state index in [0.29, 0.717) is 0 Å². The van der Waals surface area contributed by atoms with E-state index in [0.717, 1.165) is 48.1 Å². The maximum absolute atomic E-state index is 13.1. The van der Waals surface area contributed by atoms with Crippen molar-refractivity contribution in [3.05, 3.63) is 54.1 Å². The van der Waals surface area contributed by atoms with Crippen molar-refractivity contribution in [1.82, 2.24) is 9.80 Å². The van der Waals surface area contributed by atoms with Gasteiger partial charge in [-0.25, -0.2) is 0 Å². The van der Waals surface area contributed by atoms with Gasteiger partial charge in [0.15, 0.2) is 6.10 Å². The SMILES string of the molecule is COc1ccc([C@@H]2Sc3ccccc3NC(=O)[C@H]2OC(=O)CN2CCN(C)CC2)cc1. The summed E-state index contributed by atoms with van der Waals surface area (Å²) in [6.45, 7) is 3.63. The molecule has 2 aliphatic rings. The summed E-state index contributed by atoms with van der Waals surface area (Å²) in [5, 5.41) is 2.56. The second-order valence-corrected chi connectivity index (χ2v) is 8.97. The Labute approximate surface area is 186 Å². The molecule has 0 unspecified atom stereocenters. The van der Waals surface area contributed by atoms with Crippen LogP contribution in [0.1, 0.15) is 10.8 Å². The number of para-hydroxylation sites is 1. The molecule has 2 aromatic carbocycles. The number of anilines is 1. The number of ether oxygens (including phenoxy) is 2. The molecule has 2 atom stereocenters.